The minimum absolute atomic E-state index is 0.0211. The summed E-state index contributed by atoms with van der Waals surface area (Å²) in [5.74, 6) is 0.862. The van der Waals surface area contributed by atoms with Crippen LogP contribution in [0.3, 0.4) is 0 Å². The molecule has 1 atom stereocenters. The molecule has 10 heteroatoms. The maximum atomic E-state index is 12.8. The molecular formula is C16H23N5O4S. The minimum Gasteiger partial charge on any atom is -0.335 e. The molecule has 0 unspecified atom stereocenters. The van der Waals surface area contributed by atoms with Gasteiger partial charge in [-0.05, 0) is 19.3 Å². The fourth-order valence-corrected chi connectivity index (χ4v) is 4.81. The third kappa shape index (κ3) is 3.65. The molecule has 0 spiro atoms. The summed E-state index contributed by atoms with van der Waals surface area (Å²) in [6.07, 6.45) is 8.25. The minimum atomic E-state index is -3.98. The Balaban J connectivity index is 1.85. The Hall–Kier alpha value is -2.20. The molecule has 1 aliphatic heterocycles. The van der Waals surface area contributed by atoms with Crippen LogP contribution < -0.4 is 11.2 Å². The SMILES string of the molecule is CCCCn1ccnc1[C@H]1CCCN(S(=O)(=O)c2c[nH]c(=O)[nH]c2=O)C1. The van der Waals surface area contributed by atoms with E-state index in [2.05, 4.69) is 21.5 Å². The molecule has 142 valence electrons. The molecule has 0 aliphatic carbocycles. The second kappa shape index (κ2) is 7.58. The molecule has 3 rings (SSSR count). The maximum absolute atomic E-state index is 12.8. The number of nitrogens with one attached hydrogen (secondary N) is 2. The largest absolute Gasteiger partial charge is 0.335 e. The first-order valence-corrected chi connectivity index (χ1v) is 10.2. The lowest BCUT2D eigenvalue weighted by Crippen LogP contribution is -2.42. The number of nitrogens with zero attached hydrogens (tertiary/aromatic N) is 3. The fourth-order valence-electron chi connectivity index (χ4n) is 3.30. The molecule has 9 nitrogen and oxygen atoms in total. The number of hydrogen-bond acceptors (Lipinski definition) is 5. The van der Waals surface area contributed by atoms with E-state index in [4.69, 9.17) is 0 Å². The quantitative estimate of drug-likeness (QED) is 0.760. The summed E-state index contributed by atoms with van der Waals surface area (Å²) in [5, 5.41) is 0. The molecule has 0 amide bonds. The van der Waals surface area contributed by atoms with Crippen LogP contribution in [0.4, 0.5) is 0 Å². The van der Waals surface area contributed by atoms with Gasteiger partial charge in [-0.2, -0.15) is 4.31 Å². The van der Waals surface area contributed by atoms with Gasteiger partial charge < -0.3 is 9.55 Å². The van der Waals surface area contributed by atoms with Crippen molar-refractivity contribution in [3.63, 3.8) is 0 Å². The van der Waals surface area contributed by atoms with Crippen LogP contribution in [0.1, 0.15) is 44.3 Å². The second-order valence-corrected chi connectivity index (χ2v) is 8.38. The van der Waals surface area contributed by atoms with E-state index in [0.717, 1.165) is 37.8 Å². The molecule has 0 bridgehead atoms. The van der Waals surface area contributed by atoms with Crippen molar-refractivity contribution >= 4 is 10.0 Å². The van der Waals surface area contributed by atoms with E-state index in [1.165, 1.54) is 4.31 Å². The lowest BCUT2D eigenvalue weighted by atomic mass is 9.99. The van der Waals surface area contributed by atoms with Crippen molar-refractivity contribution in [2.24, 2.45) is 0 Å². The molecule has 26 heavy (non-hydrogen) atoms. The van der Waals surface area contributed by atoms with E-state index in [9.17, 15) is 18.0 Å². The first-order chi connectivity index (χ1) is 12.4. The number of imidazole rings is 1. The zero-order valence-electron chi connectivity index (χ0n) is 14.6. The predicted molar refractivity (Wildman–Crippen MR) is 95.6 cm³/mol. The Bertz CT molecular complexity index is 975. The number of aryl methyl sites for hydroxylation is 1. The van der Waals surface area contributed by atoms with Crippen molar-refractivity contribution in [1.29, 1.82) is 0 Å². The van der Waals surface area contributed by atoms with E-state index in [1.807, 2.05) is 11.2 Å². The van der Waals surface area contributed by atoms with E-state index in [0.29, 0.717) is 13.0 Å². The summed E-state index contributed by atoms with van der Waals surface area (Å²) in [6, 6.07) is 0. The number of aromatic nitrogens is 4. The monoisotopic (exact) mass is 381 g/mol. The molecule has 2 aromatic rings. The molecule has 1 aliphatic rings. The molecule has 2 aromatic heterocycles. The molecule has 2 N–H and O–H groups in total. The van der Waals surface area contributed by atoms with Gasteiger partial charge in [-0.1, -0.05) is 13.3 Å². The van der Waals surface area contributed by atoms with Crippen LogP contribution in [-0.4, -0.2) is 45.3 Å². The third-order valence-corrected chi connectivity index (χ3v) is 6.52. The summed E-state index contributed by atoms with van der Waals surface area (Å²) >= 11 is 0. The van der Waals surface area contributed by atoms with E-state index in [1.54, 1.807) is 6.20 Å². The zero-order chi connectivity index (χ0) is 18.7. The van der Waals surface area contributed by atoms with E-state index >= 15 is 0 Å². The Morgan fingerprint density at radius 1 is 1.35 bits per heavy atom. The maximum Gasteiger partial charge on any atom is 0.325 e. The van der Waals surface area contributed by atoms with Crippen molar-refractivity contribution < 1.29 is 8.42 Å². The summed E-state index contributed by atoms with van der Waals surface area (Å²) < 4.78 is 29.1. The lowest BCUT2D eigenvalue weighted by Gasteiger charge is -2.31. The van der Waals surface area contributed by atoms with Crippen LogP contribution >= 0.6 is 0 Å². The molecule has 1 fully saturated rings. The van der Waals surface area contributed by atoms with Crippen LogP contribution in [0, 0.1) is 0 Å². The molecule has 0 aromatic carbocycles. The highest BCUT2D eigenvalue weighted by molar-refractivity contribution is 7.89. The molecule has 1 saturated heterocycles. The number of sulfonamides is 1. The van der Waals surface area contributed by atoms with Gasteiger partial charge in [0.15, 0.2) is 4.90 Å². The zero-order valence-corrected chi connectivity index (χ0v) is 15.5. The summed E-state index contributed by atoms with van der Waals surface area (Å²) in [7, 11) is -3.98. The standard InChI is InChI=1S/C16H23N5O4S/c1-2-3-7-20-9-6-17-14(20)12-5-4-8-21(11-12)26(24,25)13-10-18-16(23)19-15(13)22/h6,9-10,12H,2-5,7-8,11H2,1H3,(H2,18,19,22,23)/t12-/m0/s1. The van der Waals surface area contributed by atoms with Crippen LogP contribution in [0.25, 0.3) is 0 Å². The molecule has 0 radical (unpaired) electrons. The highest BCUT2D eigenvalue weighted by atomic mass is 32.2. The topological polar surface area (TPSA) is 121 Å². The summed E-state index contributed by atoms with van der Waals surface area (Å²) in [4.78, 5) is 31.2. The number of piperidine rings is 1. The Morgan fingerprint density at radius 3 is 2.88 bits per heavy atom. The third-order valence-electron chi connectivity index (χ3n) is 4.65. The first-order valence-electron chi connectivity index (χ1n) is 8.76. The predicted octanol–water partition coefficient (Wildman–Crippen LogP) is 0.628. The molecule has 3 heterocycles. The van der Waals surface area contributed by atoms with E-state index in [-0.39, 0.29) is 12.5 Å². The van der Waals surface area contributed by atoms with Crippen LogP contribution in [0.15, 0.2) is 33.1 Å². The van der Waals surface area contributed by atoms with Gasteiger partial charge in [-0.25, -0.2) is 18.2 Å². The van der Waals surface area contributed by atoms with Crippen LogP contribution in [0.2, 0.25) is 0 Å². The van der Waals surface area contributed by atoms with Gasteiger partial charge in [-0.15, -0.1) is 0 Å². The smallest absolute Gasteiger partial charge is 0.325 e. The van der Waals surface area contributed by atoms with Crippen molar-refractivity contribution in [2.75, 3.05) is 13.1 Å². The number of unbranched alkanes of at least 4 members (excludes halogenated alkanes) is 1. The van der Waals surface area contributed by atoms with Crippen molar-refractivity contribution in [3.05, 3.63) is 45.3 Å². The highest BCUT2D eigenvalue weighted by Gasteiger charge is 2.34. The number of hydrogen-bond donors (Lipinski definition) is 2. The molecular weight excluding hydrogens is 358 g/mol. The van der Waals surface area contributed by atoms with Crippen LogP contribution in [0.5, 0.6) is 0 Å². The first kappa shape index (κ1) is 18.6. The number of H-pyrrole nitrogens is 2. The normalized spacial score (nSPS) is 18.9. The van der Waals surface area contributed by atoms with Gasteiger partial charge >= 0.3 is 5.69 Å². The van der Waals surface area contributed by atoms with Gasteiger partial charge in [0, 0.05) is 44.1 Å². The Morgan fingerprint density at radius 2 is 2.15 bits per heavy atom. The van der Waals surface area contributed by atoms with Gasteiger partial charge in [0.1, 0.15) is 5.82 Å². The Kier molecular flexibility index (Phi) is 5.42. The van der Waals surface area contributed by atoms with Crippen LogP contribution in [-0.2, 0) is 16.6 Å². The highest BCUT2D eigenvalue weighted by Crippen LogP contribution is 2.28. The Labute approximate surface area is 151 Å². The van der Waals surface area contributed by atoms with Crippen molar-refractivity contribution in [3.8, 4) is 0 Å². The number of aromatic amines is 2. The van der Waals surface area contributed by atoms with E-state index < -0.39 is 26.2 Å². The van der Waals surface area contributed by atoms with Crippen molar-refractivity contribution in [2.45, 2.75) is 50.0 Å². The summed E-state index contributed by atoms with van der Waals surface area (Å²) in [5.41, 5.74) is -1.64. The lowest BCUT2D eigenvalue weighted by molar-refractivity contribution is 0.304. The number of rotatable bonds is 6. The second-order valence-electron chi connectivity index (χ2n) is 6.47. The van der Waals surface area contributed by atoms with Crippen molar-refractivity contribution in [1.82, 2.24) is 23.8 Å². The van der Waals surface area contributed by atoms with Gasteiger partial charge in [0.05, 0.1) is 0 Å². The van der Waals surface area contributed by atoms with Gasteiger partial charge in [-0.3, -0.25) is 9.78 Å². The van der Waals surface area contributed by atoms with Gasteiger partial charge in [0.25, 0.3) is 5.56 Å². The molecule has 0 saturated carbocycles. The summed E-state index contributed by atoms with van der Waals surface area (Å²) in [6.45, 7) is 3.58. The average molecular weight is 381 g/mol. The fraction of sp³-hybridized carbons (Fsp3) is 0.562. The van der Waals surface area contributed by atoms with Gasteiger partial charge in [0.2, 0.25) is 10.0 Å². The average Bonchev–Trinajstić information content (AvgIpc) is 3.08.